The van der Waals surface area contributed by atoms with Crippen molar-refractivity contribution in [1.82, 2.24) is 10.2 Å². The zero-order valence-electron chi connectivity index (χ0n) is 24.8. The highest BCUT2D eigenvalue weighted by Crippen LogP contribution is 2.60. The summed E-state index contributed by atoms with van der Waals surface area (Å²) in [5.41, 5.74) is 0.462. The molecule has 2 aromatic carbocycles. The van der Waals surface area contributed by atoms with E-state index in [9.17, 15) is 76.2 Å². The molecule has 2 rings (SSSR count). The van der Waals surface area contributed by atoms with Crippen molar-refractivity contribution < 1.29 is 85.6 Å². The first-order valence-electron chi connectivity index (χ1n) is 13.6. The Morgan fingerprint density at radius 1 is 0.776 bits per heavy atom. The molecule has 0 saturated carbocycles. The first-order valence-corrected chi connectivity index (χ1v) is 13.6. The number of amides is 2. The summed E-state index contributed by atoms with van der Waals surface area (Å²) in [4.78, 5) is 23.5. The van der Waals surface area contributed by atoms with Crippen molar-refractivity contribution in [3.05, 3.63) is 65.5 Å². The maximum absolute atomic E-state index is 14.7. The molecule has 0 fully saturated rings. The normalized spacial score (nSPS) is 13.9. The van der Waals surface area contributed by atoms with Crippen molar-refractivity contribution in [2.45, 2.75) is 61.8 Å². The minimum atomic E-state index is -8.11. The smallest absolute Gasteiger partial charge is 0.460 e. The Morgan fingerprint density at radius 2 is 1.29 bits per heavy atom. The van der Waals surface area contributed by atoms with Crippen LogP contribution in [0.25, 0.3) is 0 Å². The monoisotopic (exact) mass is 736 g/mol. The van der Waals surface area contributed by atoms with Crippen LogP contribution < -0.4 is 10.1 Å². The molecule has 0 saturated heterocycles. The van der Waals surface area contributed by atoms with Crippen LogP contribution in [-0.4, -0.2) is 90.2 Å². The fraction of sp³-hybridized carbons (Fsp3) is 0.500. The minimum absolute atomic E-state index is 0.0667. The quantitative estimate of drug-likeness (QED) is 0.168. The molecule has 0 spiro atoms. The van der Waals surface area contributed by atoms with Crippen LogP contribution in [0.2, 0.25) is 0 Å². The van der Waals surface area contributed by atoms with E-state index >= 15 is 0 Å². The van der Waals surface area contributed by atoms with Crippen LogP contribution in [0.5, 0.6) is 5.75 Å². The number of hydrogen-bond acceptors (Lipinski definition) is 4. The number of benzene rings is 2. The van der Waals surface area contributed by atoms with Crippen molar-refractivity contribution in [1.29, 1.82) is 0 Å². The van der Waals surface area contributed by atoms with Gasteiger partial charge in [-0.1, -0.05) is 24.3 Å². The molecule has 2 amide bonds. The molecule has 276 valence electrons. The predicted molar refractivity (Wildman–Crippen MR) is 140 cm³/mol. The largest absolute Gasteiger partial charge is 0.492 e. The van der Waals surface area contributed by atoms with Gasteiger partial charge in [-0.15, -0.1) is 0 Å². The number of nitrogens with one attached hydrogen (secondary N) is 1. The Balaban J connectivity index is 2.31. The van der Waals surface area contributed by atoms with Crippen LogP contribution in [0.4, 0.5) is 66.3 Å². The summed E-state index contributed by atoms with van der Waals surface area (Å²) >= 11 is 0. The molecular formula is C28H26F14N2O5. The van der Waals surface area contributed by atoms with Crippen molar-refractivity contribution in [2.75, 3.05) is 26.3 Å². The van der Waals surface area contributed by atoms with Crippen molar-refractivity contribution >= 4 is 12.0 Å². The number of ether oxygens (including phenoxy) is 2. The van der Waals surface area contributed by atoms with Crippen LogP contribution in [0.1, 0.15) is 18.1 Å². The fourth-order valence-electron chi connectivity index (χ4n) is 3.91. The van der Waals surface area contributed by atoms with Crippen molar-refractivity contribution in [3.63, 3.8) is 0 Å². The maximum atomic E-state index is 14.7. The van der Waals surface area contributed by atoms with Crippen LogP contribution in [0.3, 0.4) is 0 Å². The summed E-state index contributed by atoms with van der Waals surface area (Å²) in [6.07, 6.45) is -8.92. The second-order valence-corrected chi connectivity index (χ2v) is 10.2. The van der Waals surface area contributed by atoms with E-state index < -0.39 is 86.0 Å². The molecular weight excluding hydrogens is 710 g/mol. The highest BCUT2D eigenvalue weighted by Gasteiger charge is 2.90. The van der Waals surface area contributed by atoms with Crippen molar-refractivity contribution in [2.24, 2.45) is 0 Å². The first-order chi connectivity index (χ1) is 22.3. The molecule has 1 atom stereocenters. The van der Waals surface area contributed by atoms with Gasteiger partial charge in [-0.05, 0) is 42.3 Å². The number of hydrogen-bond donors (Lipinski definition) is 2. The van der Waals surface area contributed by atoms with Gasteiger partial charge in [-0.3, -0.25) is 0 Å². The Hall–Kier alpha value is -4.04. The molecule has 0 aliphatic carbocycles. The van der Waals surface area contributed by atoms with E-state index in [1.54, 1.807) is 6.92 Å². The van der Waals surface area contributed by atoms with E-state index in [-0.39, 0.29) is 29.2 Å². The highest BCUT2D eigenvalue weighted by molar-refractivity contribution is 5.74. The summed E-state index contributed by atoms with van der Waals surface area (Å²) in [5.74, 6) is -40.4. The molecule has 2 aromatic rings. The van der Waals surface area contributed by atoms with E-state index in [0.29, 0.717) is 5.56 Å². The minimum Gasteiger partial charge on any atom is -0.492 e. The number of carboxylic acid groups (broad SMARTS) is 1. The molecule has 0 bridgehead atoms. The molecule has 1 unspecified atom stereocenters. The van der Waals surface area contributed by atoms with E-state index in [2.05, 4.69) is 0 Å². The Kier molecular flexibility index (Phi) is 12.8. The fourth-order valence-corrected chi connectivity index (χ4v) is 3.91. The lowest BCUT2D eigenvalue weighted by Gasteiger charge is -2.40. The van der Waals surface area contributed by atoms with Gasteiger partial charge >= 0.3 is 47.8 Å². The lowest BCUT2D eigenvalue weighted by Crippen LogP contribution is -2.71. The second kappa shape index (κ2) is 15.2. The number of carbonyl (C=O) groups excluding carboxylic acids is 1. The molecule has 49 heavy (non-hydrogen) atoms. The Labute approximate surface area is 267 Å². The summed E-state index contributed by atoms with van der Waals surface area (Å²) in [6, 6.07) is 7.14. The van der Waals surface area contributed by atoms with E-state index in [1.165, 1.54) is 24.3 Å². The van der Waals surface area contributed by atoms with Crippen LogP contribution in [0, 0.1) is 5.82 Å². The summed E-state index contributed by atoms with van der Waals surface area (Å²) in [7, 11) is 0. The van der Waals surface area contributed by atoms with E-state index in [1.807, 2.05) is 5.32 Å². The third-order valence-electron chi connectivity index (χ3n) is 6.65. The predicted octanol–water partition coefficient (Wildman–Crippen LogP) is 7.19. The van der Waals surface area contributed by atoms with Gasteiger partial charge < -0.3 is 24.8 Å². The second-order valence-electron chi connectivity index (χ2n) is 10.2. The zero-order valence-corrected chi connectivity index (χ0v) is 24.8. The summed E-state index contributed by atoms with van der Waals surface area (Å²) < 4.78 is 201. The van der Waals surface area contributed by atoms with Gasteiger partial charge in [-0.2, -0.15) is 57.1 Å². The SMILES string of the molecule is CCOC(Cc1ccc(OCCN(CC(F)(F)C(F)(F)C(F)(F)C(F)(F)C(F)(F)C(F)(F)F)C(=O)NCc2ccc(F)cc2)cc1)C(=O)O. The van der Waals surface area contributed by atoms with Crippen LogP contribution in [-0.2, 0) is 22.5 Å². The lowest BCUT2D eigenvalue weighted by atomic mass is 9.93. The van der Waals surface area contributed by atoms with Gasteiger partial charge in [-0.25, -0.2) is 14.0 Å². The third-order valence-corrected chi connectivity index (χ3v) is 6.65. The Morgan fingerprint density at radius 3 is 1.78 bits per heavy atom. The molecule has 21 heteroatoms. The van der Waals surface area contributed by atoms with E-state index in [0.717, 1.165) is 24.3 Å². The number of rotatable bonds is 17. The number of halogens is 14. The zero-order chi connectivity index (χ0) is 37.6. The highest BCUT2D eigenvalue weighted by atomic mass is 19.4. The molecule has 7 nitrogen and oxygen atoms in total. The maximum Gasteiger partial charge on any atom is 0.460 e. The summed E-state index contributed by atoms with van der Waals surface area (Å²) in [6.45, 7) is -4.12. The van der Waals surface area contributed by atoms with Gasteiger partial charge in [0.2, 0.25) is 0 Å². The molecule has 0 aliphatic heterocycles. The molecule has 0 aromatic heterocycles. The Bertz CT molecular complexity index is 1400. The van der Waals surface area contributed by atoms with Gasteiger partial charge in [0.15, 0.2) is 6.10 Å². The van der Waals surface area contributed by atoms with Gasteiger partial charge in [0.1, 0.15) is 18.2 Å². The summed E-state index contributed by atoms with van der Waals surface area (Å²) in [5, 5.41) is 11.0. The third kappa shape index (κ3) is 9.15. The molecule has 2 N–H and O–H groups in total. The molecule has 0 radical (unpaired) electrons. The number of carboxylic acids is 1. The number of aliphatic carboxylic acids is 1. The van der Waals surface area contributed by atoms with Crippen LogP contribution in [0.15, 0.2) is 48.5 Å². The van der Waals surface area contributed by atoms with Gasteiger partial charge in [0, 0.05) is 19.6 Å². The van der Waals surface area contributed by atoms with Crippen molar-refractivity contribution in [3.8, 4) is 5.75 Å². The number of nitrogens with zero attached hydrogens (tertiary/aromatic N) is 1. The van der Waals surface area contributed by atoms with Gasteiger partial charge in [0.05, 0.1) is 13.1 Å². The lowest BCUT2D eigenvalue weighted by molar-refractivity contribution is -0.439. The first kappa shape index (κ1) is 41.1. The van der Waals surface area contributed by atoms with E-state index in [4.69, 9.17) is 9.47 Å². The standard InChI is InChI=1S/C28H26F14N2O5/c1-2-48-20(21(45)46)13-16-5-9-19(10-6-16)49-12-11-44(22(47)43-14-17-3-7-18(29)8-4-17)15-23(30,31)24(32,33)25(34,35)26(36,37)27(38,39)28(40,41)42/h3-10,20H,2,11-15H2,1H3,(H,43,47)(H,45,46). The average Bonchev–Trinajstić information content (AvgIpc) is 2.99. The van der Waals surface area contributed by atoms with Gasteiger partial charge in [0.25, 0.3) is 0 Å². The average molecular weight is 736 g/mol. The number of alkyl halides is 13. The molecule has 0 heterocycles. The topological polar surface area (TPSA) is 88.1 Å². The molecule has 0 aliphatic rings. The van der Waals surface area contributed by atoms with Crippen LogP contribution >= 0.6 is 0 Å². The number of urea groups is 1. The number of carbonyl (C=O) groups is 2.